The Balaban J connectivity index is 2.54. The average molecular weight is 308 g/mol. The van der Waals surface area contributed by atoms with Crippen molar-refractivity contribution in [2.45, 2.75) is 32.8 Å². The van der Waals surface area contributed by atoms with Gasteiger partial charge in [-0.15, -0.1) is 0 Å². The number of anilines is 1. The van der Waals surface area contributed by atoms with Gasteiger partial charge in [0.15, 0.2) is 0 Å². The Bertz CT molecular complexity index is 546. The number of hydrogen-bond acceptors (Lipinski definition) is 4. The van der Waals surface area contributed by atoms with Gasteiger partial charge in [-0.05, 0) is 45.0 Å². The zero-order valence-corrected chi connectivity index (χ0v) is 12.8. The van der Waals surface area contributed by atoms with Crippen LogP contribution < -0.4 is 10.6 Å². The largest absolute Gasteiger partial charge is 0.481 e. The summed E-state index contributed by atoms with van der Waals surface area (Å²) in [5.74, 6) is -1.35. The molecule has 0 saturated heterocycles. The molecule has 0 atom stereocenters. The second-order valence-corrected chi connectivity index (χ2v) is 5.60. The Morgan fingerprint density at radius 2 is 1.73 bits per heavy atom. The highest BCUT2D eigenvalue weighted by Crippen LogP contribution is 2.13. The first-order valence-electron chi connectivity index (χ1n) is 6.77. The molecule has 7 nitrogen and oxygen atoms in total. The van der Waals surface area contributed by atoms with Gasteiger partial charge in [0, 0.05) is 17.8 Å². The minimum Gasteiger partial charge on any atom is -0.481 e. The van der Waals surface area contributed by atoms with Gasteiger partial charge in [0.2, 0.25) is 0 Å². The molecule has 0 radical (unpaired) electrons. The molecule has 0 spiro atoms. The molecule has 3 N–H and O–H groups in total. The lowest BCUT2D eigenvalue weighted by atomic mass is 10.2. The fourth-order valence-corrected chi connectivity index (χ4v) is 1.51. The number of aliphatic carboxylic acids is 1. The van der Waals surface area contributed by atoms with Gasteiger partial charge >= 0.3 is 12.1 Å². The fourth-order valence-electron chi connectivity index (χ4n) is 1.51. The number of amides is 2. The Morgan fingerprint density at radius 3 is 2.23 bits per heavy atom. The minimum atomic E-state index is -0.975. The number of carbonyl (C=O) groups excluding carboxylic acids is 2. The van der Waals surface area contributed by atoms with Crippen LogP contribution in [-0.4, -0.2) is 35.2 Å². The molecule has 0 aliphatic carbocycles. The Labute approximate surface area is 128 Å². The van der Waals surface area contributed by atoms with Crippen molar-refractivity contribution >= 4 is 23.7 Å². The lowest BCUT2D eigenvalue weighted by Gasteiger charge is -2.19. The molecular weight excluding hydrogens is 288 g/mol. The molecule has 0 aromatic heterocycles. The van der Waals surface area contributed by atoms with Crippen molar-refractivity contribution in [3.8, 4) is 0 Å². The highest BCUT2D eigenvalue weighted by atomic mass is 16.6. The predicted octanol–water partition coefficient (Wildman–Crippen LogP) is 2.24. The molecule has 1 aromatic carbocycles. The zero-order valence-electron chi connectivity index (χ0n) is 12.8. The second-order valence-electron chi connectivity index (χ2n) is 5.60. The molecule has 0 aliphatic heterocycles. The van der Waals surface area contributed by atoms with Crippen molar-refractivity contribution in [3.05, 3.63) is 29.8 Å². The maximum Gasteiger partial charge on any atom is 0.412 e. The summed E-state index contributed by atoms with van der Waals surface area (Å²) in [4.78, 5) is 33.7. The van der Waals surface area contributed by atoms with E-state index >= 15 is 0 Å². The summed E-state index contributed by atoms with van der Waals surface area (Å²) < 4.78 is 5.11. The van der Waals surface area contributed by atoms with Gasteiger partial charge < -0.3 is 15.2 Å². The van der Waals surface area contributed by atoms with Gasteiger partial charge in [-0.1, -0.05) is 0 Å². The van der Waals surface area contributed by atoms with E-state index in [1.54, 1.807) is 32.9 Å². The summed E-state index contributed by atoms with van der Waals surface area (Å²) in [6, 6.07) is 6.19. The van der Waals surface area contributed by atoms with E-state index in [1.807, 2.05) is 0 Å². The molecular formula is C15H20N2O5. The molecule has 0 unspecified atom stereocenters. The summed E-state index contributed by atoms with van der Waals surface area (Å²) in [6.07, 6.45) is -0.713. The average Bonchev–Trinajstić information content (AvgIpc) is 2.36. The number of carboxylic acid groups (broad SMARTS) is 1. The van der Waals surface area contributed by atoms with E-state index in [-0.39, 0.29) is 18.9 Å². The van der Waals surface area contributed by atoms with Gasteiger partial charge in [0.25, 0.3) is 5.91 Å². The van der Waals surface area contributed by atoms with Crippen LogP contribution in [-0.2, 0) is 9.53 Å². The first-order valence-corrected chi connectivity index (χ1v) is 6.77. The first kappa shape index (κ1) is 17.5. The molecule has 0 heterocycles. The van der Waals surface area contributed by atoms with Crippen LogP contribution in [0.5, 0.6) is 0 Å². The Morgan fingerprint density at radius 1 is 1.14 bits per heavy atom. The second kappa shape index (κ2) is 7.44. The molecule has 0 bridgehead atoms. The quantitative estimate of drug-likeness (QED) is 0.773. The van der Waals surface area contributed by atoms with Crippen LogP contribution in [0.2, 0.25) is 0 Å². The van der Waals surface area contributed by atoms with Crippen LogP contribution in [0.1, 0.15) is 37.6 Å². The summed E-state index contributed by atoms with van der Waals surface area (Å²) in [7, 11) is 0. The van der Waals surface area contributed by atoms with E-state index in [0.717, 1.165) is 0 Å². The van der Waals surface area contributed by atoms with E-state index in [4.69, 9.17) is 9.84 Å². The highest BCUT2D eigenvalue weighted by Gasteiger charge is 2.16. The fraction of sp³-hybridized carbons (Fsp3) is 0.400. The number of rotatable bonds is 5. The maximum absolute atomic E-state index is 11.7. The van der Waals surface area contributed by atoms with Crippen molar-refractivity contribution in [1.82, 2.24) is 5.32 Å². The predicted molar refractivity (Wildman–Crippen MR) is 80.9 cm³/mol. The van der Waals surface area contributed by atoms with Crippen LogP contribution in [0, 0.1) is 0 Å². The maximum atomic E-state index is 11.7. The van der Waals surface area contributed by atoms with Gasteiger partial charge in [-0.2, -0.15) is 0 Å². The van der Waals surface area contributed by atoms with Crippen LogP contribution in [0.15, 0.2) is 24.3 Å². The third-order valence-corrected chi connectivity index (χ3v) is 2.42. The van der Waals surface area contributed by atoms with Crippen LogP contribution >= 0.6 is 0 Å². The van der Waals surface area contributed by atoms with Gasteiger partial charge in [-0.3, -0.25) is 14.9 Å². The van der Waals surface area contributed by atoms with Gasteiger partial charge in [0.1, 0.15) is 5.60 Å². The van der Waals surface area contributed by atoms with E-state index in [2.05, 4.69) is 10.6 Å². The number of ether oxygens (including phenoxy) is 1. The standard InChI is InChI=1S/C15H20N2O5/c1-15(2,3)22-14(21)17-11-6-4-10(5-7-11)13(20)16-9-8-12(18)19/h4-7H,8-9H2,1-3H3,(H,16,20)(H,17,21)(H,18,19). The molecule has 22 heavy (non-hydrogen) atoms. The number of carboxylic acids is 1. The van der Waals surface area contributed by atoms with Crippen molar-refractivity contribution in [1.29, 1.82) is 0 Å². The third kappa shape index (κ3) is 6.74. The monoisotopic (exact) mass is 308 g/mol. The Kier molecular flexibility index (Phi) is 5.91. The van der Waals surface area contributed by atoms with E-state index < -0.39 is 17.7 Å². The molecule has 0 aliphatic rings. The number of benzene rings is 1. The number of nitrogens with one attached hydrogen (secondary N) is 2. The zero-order chi connectivity index (χ0) is 16.8. The lowest BCUT2D eigenvalue weighted by molar-refractivity contribution is -0.136. The molecule has 120 valence electrons. The van der Waals surface area contributed by atoms with E-state index in [9.17, 15) is 14.4 Å². The first-order chi connectivity index (χ1) is 10.2. The van der Waals surface area contributed by atoms with Crippen molar-refractivity contribution < 1.29 is 24.2 Å². The number of carbonyl (C=O) groups is 3. The molecule has 1 aromatic rings. The normalized spacial score (nSPS) is 10.7. The SMILES string of the molecule is CC(C)(C)OC(=O)Nc1ccc(C(=O)NCCC(=O)O)cc1. The summed E-state index contributed by atoms with van der Waals surface area (Å²) in [5.41, 5.74) is 0.282. The van der Waals surface area contributed by atoms with Crippen LogP contribution in [0.4, 0.5) is 10.5 Å². The van der Waals surface area contributed by atoms with Gasteiger partial charge in [-0.25, -0.2) is 4.79 Å². The summed E-state index contributed by atoms with van der Waals surface area (Å²) in [6.45, 7) is 5.34. The molecule has 7 heteroatoms. The van der Waals surface area contributed by atoms with Crippen molar-refractivity contribution in [2.24, 2.45) is 0 Å². The smallest absolute Gasteiger partial charge is 0.412 e. The summed E-state index contributed by atoms with van der Waals surface area (Å²) >= 11 is 0. The number of hydrogen-bond donors (Lipinski definition) is 3. The third-order valence-electron chi connectivity index (χ3n) is 2.42. The summed E-state index contributed by atoms with van der Waals surface area (Å²) in [5, 5.41) is 13.5. The van der Waals surface area contributed by atoms with E-state index in [0.29, 0.717) is 11.3 Å². The molecule has 0 fully saturated rings. The lowest BCUT2D eigenvalue weighted by Crippen LogP contribution is -2.27. The van der Waals surface area contributed by atoms with E-state index in [1.165, 1.54) is 12.1 Å². The van der Waals surface area contributed by atoms with Gasteiger partial charge in [0.05, 0.1) is 6.42 Å². The van der Waals surface area contributed by atoms with Crippen LogP contribution in [0.25, 0.3) is 0 Å². The van der Waals surface area contributed by atoms with Crippen molar-refractivity contribution in [2.75, 3.05) is 11.9 Å². The molecule has 1 rings (SSSR count). The van der Waals surface area contributed by atoms with Crippen LogP contribution in [0.3, 0.4) is 0 Å². The Hall–Kier alpha value is -2.57. The van der Waals surface area contributed by atoms with Crippen molar-refractivity contribution in [3.63, 3.8) is 0 Å². The topological polar surface area (TPSA) is 105 Å². The molecule has 0 saturated carbocycles. The highest BCUT2D eigenvalue weighted by molar-refractivity contribution is 5.95. The molecule has 2 amide bonds. The minimum absolute atomic E-state index is 0.0616.